The van der Waals surface area contributed by atoms with Crippen molar-refractivity contribution in [3.05, 3.63) is 23.2 Å². The molecule has 0 aromatic heterocycles. The Morgan fingerprint density at radius 2 is 2.32 bits per heavy atom. The number of hydrogen-bond acceptors (Lipinski definition) is 3. The standard InChI is InChI=1S/C15H23ClN2O/c1-3-12(17)8-11-6-7-18(10-11)13-4-5-15(19-2)14(16)9-13/h4-5,9,11-12H,3,6-8,10,17H2,1-2H3. The maximum absolute atomic E-state index is 6.18. The molecule has 0 spiro atoms. The Balaban J connectivity index is 1.98. The van der Waals surface area contributed by atoms with Crippen molar-refractivity contribution >= 4 is 17.3 Å². The Morgan fingerprint density at radius 3 is 2.95 bits per heavy atom. The molecule has 1 aromatic rings. The van der Waals surface area contributed by atoms with Crippen LogP contribution in [0.4, 0.5) is 5.69 Å². The van der Waals surface area contributed by atoms with E-state index in [2.05, 4.69) is 17.9 Å². The second kappa shape index (κ2) is 6.49. The van der Waals surface area contributed by atoms with E-state index in [1.54, 1.807) is 7.11 Å². The highest BCUT2D eigenvalue weighted by Gasteiger charge is 2.24. The average molecular weight is 283 g/mol. The van der Waals surface area contributed by atoms with E-state index in [0.717, 1.165) is 31.7 Å². The summed E-state index contributed by atoms with van der Waals surface area (Å²) in [4.78, 5) is 2.39. The third-order valence-corrected chi connectivity index (χ3v) is 4.24. The van der Waals surface area contributed by atoms with Gasteiger partial charge in [-0.1, -0.05) is 18.5 Å². The van der Waals surface area contributed by atoms with Gasteiger partial charge in [-0.3, -0.25) is 0 Å². The number of methoxy groups -OCH3 is 1. The minimum Gasteiger partial charge on any atom is -0.495 e. The van der Waals surface area contributed by atoms with Crippen LogP contribution in [0.5, 0.6) is 5.75 Å². The van der Waals surface area contributed by atoms with Crippen molar-refractivity contribution in [3.63, 3.8) is 0 Å². The summed E-state index contributed by atoms with van der Waals surface area (Å²) in [6.45, 7) is 4.32. The second-order valence-corrected chi connectivity index (χ2v) is 5.73. The molecule has 0 bridgehead atoms. The zero-order valence-corrected chi connectivity index (χ0v) is 12.5. The largest absolute Gasteiger partial charge is 0.495 e. The first-order valence-electron chi connectivity index (χ1n) is 6.98. The molecule has 2 rings (SSSR count). The number of rotatable bonds is 5. The van der Waals surface area contributed by atoms with Crippen molar-refractivity contribution in [1.29, 1.82) is 0 Å². The van der Waals surface area contributed by atoms with E-state index >= 15 is 0 Å². The Bertz CT molecular complexity index is 425. The molecule has 2 atom stereocenters. The van der Waals surface area contributed by atoms with Crippen LogP contribution < -0.4 is 15.4 Å². The number of nitrogens with zero attached hydrogens (tertiary/aromatic N) is 1. The molecular formula is C15H23ClN2O. The molecule has 1 aliphatic rings. The van der Waals surface area contributed by atoms with Crippen molar-refractivity contribution in [2.24, 2.45) is 11.7 Å². The summed E-state index contributed by atoms with van der Waals surface area (Å²) in [6.07, 6.45) is 3.40. The molecule has 0 amide bonds. The van der Waals surface area contributed by atoms with Gasteiger partial charge in [0.25, 0.3) is 0 Å². The third-order valence-electron chi connectivity index (χ3n) is 3.95. The first kappa shape index (κ1) is 14.5. The van der Waals surface area contributed by atoms with Crippen molar-refractivity contribution < 1.29 is 4.74 Å². The van der Waals surface area contributed by atoms with E-state index in [0.29, 0.717) is 17.0 Å². The zero-order chi connectivity index (χ0) is 13.8. The molecule has 106 valence electrons. The van der Waals surface area contributed by atoms with Crippen LogP contribution in [-0.2, 0) is 0 Å². The van der Waals surface area contributed by atoms with Crippen molar-refractivity contribution in [2.45, 2.75) is 32.2 Å². The molecule has 4 heteroatoms. The maximum atomic E-state index is 6.18. The number of ether oxygens (including phenoxy) is 1. The lowest BCUT2D eigenvalue weighted by atomic mass is 9.98. The van der Waals surface area contributed by atoms with E-state index in [1.165, 1.54) is 12.1 Å². The molecule has 0 radical (unpaired) electrons. The van der Waals surface area contributed by atoms with Crippen LogP contribution in [0, 0.1) is 5.92 Å². The van der Waals surface area contributed by atoms with Gasteiger partial charge in [-0.2, -0.15) is 0 Å². The number of benzene rings is 1. The van der Waals surface area contributed by atoms with Crippen molar-refractivity contribution in [3.8, 4) is 5.75 Å². The first-order valence-corrected chi connectivity index (χ1v) is 7.36. The molecule has 0 aliphatic carbocycles. The summed E-state index contributed by atoms with van der Waals surface area (Å²) in [6, 6.07) is 6.34. The summed E-state index contributed by atoms with van der Waals surface area (Å²) >= 11 is 6.18. The molecule has 1 fully saturated rings. The summed E-state index contributed by atoms with van der Waals surface area (Å²) in [5.41, 5.74) is 7.22. The lowest BCUT2D eigenvalue weighted by Gasteiger charge is -2.20. The molecule has 2 unspecified atom stereocenters. The van der Waals surface area contributed by atoms with Crippen LogP contribution in [0.3, 0.4) is 0 Å². The van der Waals surface area contributed by atoms with Gasteiger partial charge in [-0.05, 0) is 43.4 Å². The van der Waals surface area contributed by atoms with Gasteiger partial charge in [0.1, 0.15) is 5.75 Å². The smallest absolute Gasteiger partial charge is 0.137 e. The van der Waals surface area contributed by atoms with Gasteiger partial charge < -0.3 is 15.4 Å². The van der Waals surface area contributed by atoms with Crippen LogP contribution in [0.25, 0.3) is 0 Å². The monoisotopic (exact) mass is 282 g/mol. The average Bonchev–Trinajstić information content (AvgIpc) is 2.87. The highest BCUT2D eigenvalue weighted by molar-refractivity contribution is 6.32. The van der Waals surface area contributed by atoms with E-state index in [1.807, 2.05) is 12.1 Å². The number of anilines is 1. The van der Waals surface area contributed by atoms with E-state index in [4.69, 9.17) is 22.1 Å². The predicted octanol–water partition coefficient (Wildman–Crippen LogP) is 3.30. The normalized spacial score (nSPS) is 20.6. The summed E-state index contributed by atoms with van der Waals surface area (Å²) in [7, 11) is 1.64. The highest BCUT2D eigenvalue weighted by Crippen LogP contribution is 2.32. The SMILES string of the molecule is CCC(N)CC1CCN(c2ccc(OC)c(Cl)c2)C1. The quantitative estimate of drug-likeness (QED) is 0.900. The molecule has 1 saturated heterocycles. The maximum Gasteiger partial charge on any atom is 0.137 e. The van der Waals surface area contributed by atoms with Crippen LogP contribution in [0.1, 0.15) is 26.2 Å². The molecule has 1 heterocycles. The number of hydrogen-bond donors (Lipinski definition) is 1. The van der Waals surface area contributed by atoms with Gasteiger partial charge in [0.2, 0.25) is 0 Å². The number of halogens is 1. The minimum atomic E-state index is 0.337. The number of nitrogens with two attached hydrogens (primary N) is 1. The lowest BCUT2D eigenvalue weighted by Crippen LogP contribution is -2.25. The zero-order valence-electron chi connectivity index (χ0n) is 11.7. The molecule has 3 nitrogen and oxygen atoms in total. The van der Waals surface area contributed by atoms with Gasteiger partial charge in [-0.15, -0.1) is 0 Å². The van der Waals surface area contributed by atoms with E-state index in [9.17, 15) is 0 Å². The predicted molar refractivity (Wildman–Crippen MR) is 81.2 cm³/mol. The van der Waals surface area contributed by atoms with Crippen LogP contribution in [0.2, 0.25) is 5.02 Å². The molecule has 2 N–H and O–H groups in total. The van der Waals surface area contributed by atoms with Crippen LogP contribution in [-0.4, -0.2) is 26.2 Å². The fraction of sp³-hybridized carbons (Fsp3) is 0.600. The molecular weight excluding hydrogens is 260 g/mol. The van der Waals surface area contributed by atoms with Gasteiger partial charge in [0.15, 0.2) is 0 Å². The Hall–Kier alpha value is -0.930. The lowest BCUT2D eigenvalue weighted by molar-refractivity contribution is 0.415. The summed E-state index contributed by atoms with van der Waals surface area (Å²) in [5.74, 6) is 1.44. The van der Waals surface area contributed by atoms with E-state index in [-0.39, 0.29) is 0 Å². The Labute approximate surface area is 120 Å². The third kappa shape index (κ3) is 3.54. The molecule has 0 saturated carbocycles. The van der Waals surface area contributed by atoms with Gasteiger partial charge in [0.05, 0.1) is 12.1 Å². The highest BCUT2D eigenvalue weighted by atomic mass is 35.5. The molecule has 1 aromatic carbocycles. The van der Waals surface area contributed by atoms with E-state index < -0.39 is 0 Å². The van der Waals surface area contributed by atoms with Gasteiger partial charge in [-0.25, -0.2) is 0 Å². The van der Waals surface area contributed by atoms with Crippen molar-refractivity contribution in [1.82, 2.24) is 0 Å². The Morgan fingerprint density at radius 1 is 1.53 bits per heavy atom. The van der Waals surface area contributed by atoms with Gasteiger partial charge >= 0.3 is 0 Å². The van der Waals surface area contributed by atoms with Gasteiger partial charge in [0, 0.05) is 24.8 Å². The molecule has 19 heavy (non-hydrogen) atoms. The summed E-state index contributed by atoms with van der Waals surface area (Å²) < 4.78 is 5.18. The fourth-order valence-corrected chi connectivity index (χ4v) is 2.96. The second-order valence-electron chi connectivity index (χ2n) is 5.32. The van der Waals surface area contributed by atoms with Crippen LogP contribution >= 0.6 is 11.6 Å². The minimum absolute atomic E-state index is 0.337. The topological polar surface area (TPSA) is 38.5 Å². The Kier molecular flexibility index (Phi) is 4.94. The fourth-order valence-electron chi connectivity index (χ4n) is 2.71. The molecule has 1 aliphatic heterocycles. The van der Waals surface area contributed by atoms with Crippen LogP contribution in [0.15, 0.2) is 18.2 Å². The van der Waals surface area contributed by atoms with Crippen molar-refractivity contribution in [2.75, 3.05) is 25.1 Å². The first-order chi connectivity index (χ1) is 9.13. The summed E-state index contributed by atoms with van der Waals surface area (Å²) in [5, 5.41) is 0.675.